The molecule has 8 heteroatoms. The molecule has 8 nitrogen and oxygen atoms in total. The van der Waals surface area contributed by atoms with Gasteiger partial charge in [-0.2, -0.15) is 0 Å². The van der Waals surface area contributed by atoms with Crippen molar-refractivity contribution in [2.75, 3.05) is 44.2 Å². The molecule has 0 spiro atoms. The minimum Gasteiger partial charge on any atom is -0.354 e. The fourth-order valence-corrected chi connectivity index (χ4v) is 4.63. The summed E-state index contributed by atoms with van der Waals surface area (Å²) in [7, 11) is 0. The SMILES string of the molecule is O=C(C1CCCN(c2ccc(-n3ccnc3)nn2)C1)N1CCN(Cc2ccccc2)CC1. The van der Waals surface area contributed by atoms with Gasteiger partial charge in [-0.1, -0.05) is 30.3 Å². The minimum absolute atomic E-state index is 0.0274. The summed E-state index contributed by atoms with van der Waals surface area (Å²) in [6.07, 6.45) is 7.21. The molecule has 0 radical (unpaired) electrons. The topological polar surface area (TPSA) is 70.4 Å². The molecule has 2 aliphatic rings. The maximum atomic E-state index is 13.2. The van der Waals surface area contributed by atoms with Gasteiger partial charge >= 0.3 is 0 Å². The first-order chi connectivity index (χ1) is 15.8. The Labute approximate surface area is 188 Å². The van der Waals surface area contributed by atoms with Crippen LogP contribution in [0, 0.1) is 5.92 Å². The van der Waals surface area contributed by atoms with E-state index in [0.717, 1.165) is 63.7 Å². The van der Waals surface area contributed by atoms with Crippen LogP contribution >= 0.6 is 0 Å². The molecule has 32 heavy (non-hydrogen) atoms. The van der Waals surface area contributed by atoms with Crippen molar-refractivity contribution in [3.63, 3.8) is 0 Å². The second-order valence-electron chi connectivity index (χ2n) is 8.59. The van der Waals surface area contributed by atoms with Gasteiger partial charge in [-0.25, -0.2) is 4.98 Å². The lowest BCUT2D eigenvalue weighted by Gasteiger charge is -2.39. The number of carbonyl (C=O) groups excluding carboxylic acids is 1. The van der Waals surface area contributed by atoms with Gasteiger partial charge in [-0.15, -0.1) is 10.2 Å². The largest absolute Gasteiger partial charge is 0.354 e. The predicted octanol–water partition coefficient (Wildman–Crippen LogP) is 2.22. The van der Waals surface area contributed by atoms with Crippen LogP contribution in [0.5, 0.6) is 0 Å². The Hall–Kier alpha value is -3.26. The zero-order chi connectivity index (χ0) is 21.8. The van der Waals surface area contributed by atoms with Crippen LogP contribution in [0.1, 0.15) is 18.4 Å². The van der Waals surface area contributed by atoms with Gasteiger partial charge in [-0.3, -0.25) is 14.3 Å². The first-order valence-electron chi connectivity index (χ1n) is 11.4. The van der Waals surface area contributed by atoms with Crippen molar-refractivity contribution in [1.29, 1.82) is 0 Å². The number of piperidine rings is 1. The van der Waals surface area contributed by atoms with Crippen molar-refractivity contribution >= 4 is 11.7 Å². The first-order valence-corrected chi connectivity index (χ1v) is 11.4. The summed E-state index contributed by atoms with van der Waals surface area (Å²) >= 11 is 0. The van der Waals surface area contributed by atoms with Gasteiger partial charge in [0, 0.05) is 58.2 Å². The number of imidazole rings is 1. The molecule has 2 aromatic heterocycles. The van der Waals surface area contributed by atoms with Crippen molar-refractivity contribution < 1.29 is 4.79 Å². The zero-order valence-corrected chi connectivity index (χ0v) is 18.3. The summed E-state index contributed by atoms with van der Waals surface area (Å²) < 4.78 is 1.83. The lowest BCUT2D eigenvalue weighted by atomic mass is 9.96. The van der Waals surface area contributed by atoms with Crippen molar-refractivity contribution in [2.24, 2.45) is 5.92 Å². The number of benzene rings is 1. The summed E-state index contributed by atoms with van der Waals surface area (Å²) in [5.41, 5.74) is 1.33. The van der Waals surface area contributed by atoms with E-state index in [1.165, 1.54) is 5.56 Å². The van der Waals surface area contributed by atoms with Crippen LogP contribution in [0.4, 0.5) is 5.82 Å². The average Bonchev–Trinajstić information content (AvgIpc) is 3.40. The number of amides is 1. The van der Waals surface area contributed by atoms with Crippen LogP contribution in [0.3, 0.4) is 0 Å². The van der Waals surface area contributed by atoms with E-state index in [1.807, 2.05) is 29.0 Å². The van der Waals surface area contributed by atoms with Crippen molar-refractivity contribution in [1.82, 2.24) is 29.5 Å². The normalized spacial score (nSPS) is 19.8. The number of piperazine rings is 1. The summed E-state index contributed by atoms with van der Waals surface area (Å²) in [4.78, 5) is 24.0. The molecule has 0 saturated carbocycles. The van der Waals surface area contributed by atoms with Gasteiger partial charge in [0.25, 0.3) is 0 Å². The van der Waals surface area contributed by atoms with Gasteiger partial charge < -0.3 is 9.80 Å². The molecule has 0 bridgehead atoms. The Balaban J connectivity index is 1.15. The molecule has 1 atom stereocenters. The second-order valence-corrected chi connectivity index (χ2v) is 8.59. The highest BCUT2D eigenvalue weighted by molar-refractivity contribution is 5.80. The van der Waals surface area contributed by atoms with Crippen LogP contribution < -0.4 is 4.90 Å². The van der Waals surface area contributed by atoms with E-state index in [4.69, 9.17) is 0 Å². The number of carbonyl (C=O) groups is 1. The van der Waals surface area contributed by atoms with Gasteiger partial charge in [0.2, 0.25) is 5.91 Å². The Kier molecular flexibility index (Phi) is 6.11. The number of rotatable bonds is 5. The third-order valence-corrected chi connectivity index (χ3v) is 6.43. The molecule has 2 aliphatic heterocycles. The summed E-state index contributed by atoms with van der Waals surface area (Å²) in [6, 6.07) is 14.5. The van der Waals surface area contributed by atoms with Gasteiger partial charge in [0.05, 0.1) is 5.92 Å². The molecule has 2 fully saturated rings. The molecule has 0 aliphatic carbocycles. The van der Waals surface area contributed by atoms with Crippen LogP contribution in [0.2, 0.25) is 0 Å². The number of anilines is 1. The fourth-order valence-electron chi connectivity index (χ4n) is 4.63. The highest BCUT2D eigenvalue weighted by Gasteiger charge is 2.31. The Bertz CT molecular complexity index is 999. The quantitative estimate of drug-likeness (QED) is 0.617. The van der Waals surface area contributed by atoms with E-state index in [1.54, 1.807) is 12.5 Å². The monoisotopic (exact) mass is 431 g/mol. The van der Waals surface area contributed by atoms with Crippen LogP contribution in [0.25, 0.3) is 5.82 Å². The third-order valence-electron chi connectivity index (χ3n) is 6.43. The maximum Gasteiger partial charge on any atom is 0.227 e. The van der Waals surface area contributed by atoms with Crippen LogP contribution in [-0.2, 0) is 11.3 Å². The molecule has 3 aromatic rings. The average molecular weight is 432 g/mol. The van der Waals surface area contributed by atoms with Gasteiger partial charge in [0.1, 0.15) is 6.33 Å². The molecule has 0 N–H and O–H groups in total. The minimum atomic E-state index is 0.0274. The van der Waals surface area contributed by atoms with E-state index in [2.05, 4.69) is 54.1 Å². The Morgan fingerprint density at radius 3 is 2.44 bits per heavy atom. The third kappa shape index (κ3) is 4.65. The van der Waals surface area contributed by atoms with Crippen LogP contribution in [0.15, 0.2) is 61.2 Å². The fraction of sp³-hybridized carbons (Fsp3) is 0.417. The van der Waals surface area contributed by atoms with Crippen molar-refractivity contribution in [3.05, 3.63) is 66.7 Å². The zero-order valence-electron chi connectivity index (χ0n) is 18.3. The summed E-state index contributed by atoms with van der Waals surface area (Å²) in [5, 5.41) is 8.74. The van der Waals surface area contributed by atoms with Gasteiger partial charge in [-0.05, 0) is 30.5 Å². The molecular formula is C24H29N7O. The lowest BCUT2D eigenvalue weighted by molar-refractivity contribution is -0.137. The molecule has 166 valence electrons. The van der Waals surface area contributed by atoms with E-state index >= 15 is 0 Å². The molecular weight excluding hydrogens is 402 g/mol. The smallest absolute Gasteiger partial charge is 0.227 e. The maximum absolute atomic E-state index is 13.2. The highest BCUT2D eigenvalue weighted by atomic mass is 16.2. The van der Waals surface area contributed by atoms with Crippen LogP contribution in [-0.4, -0.2) is 74.7 Å². The molecule has 2 saturated heterocycles. The summed E-state index contributed by atoms with van der Waals surface area (Å²) in [5.74, 6) is 1.89. The molecule has 1 aromatic carbocycles. The predicted molar refractivity (Wildman–Crippen MR) is 122 cm³/mol. The number of hydrogen-bond donors (Lipinski definition) is 0. The van der Waals surface area contributed by atoms with E-state index in [-0.39, 0.29) is 11.8 Å². The highest BCUT2D eigenvalue weighted by Crippen LogP contribution is 2.24. The van der Waals surface area contributed by atoms with Gasteiger partial charge in [0.15, 0.2) is 11.6 Å². The standard InChI is InChI=1S/C24H29N7O/c32-24(29-15-13-28(14-16-29)17-20-5-2-1-3-6-20)21-7-4-11-30(18-21)22-8-9-23(27-26-22)31-12-10-25-19-31/h1-3,5-6,8-10,12,19,21H,4,7,11,13-18H2. The molecule has 5 rings (SSSR count). The first kappa shape index (κ1) is 20.6. The number of aromatic nitrogens is 4. The summed E-state index contributed by atoms with van der Waals surface area (Å²) in [6.45, 7) is 6.05. The Morgan fingerprint density at radius 2 is 1.72 bits per heavy atom. The number of hydrogen-bond acceptors (Lipinski definition) is 6. The van der Waals surface area contributed by atoms with E-state index in [9.17, 15) is 4.79 Å². The molecule has 1 unspecified atom stereocenters. The van der Waals surface area contributed by atoms with E-state index in [0.29, 0.717) is 6.54 Å². The Morgan fingerprint density at radius 1 is 0.938 bits per heavy atom. The molecule has 4 heterocycles. The van der Waals surface area contributed by atoms with E-state index < -0.39 is 0 Å². The van der Waals surface area contributed by atoms with Crippen molar-refractivity contribution in [2.45, 2.75) is 19.4 Å². The number of nitrogens with zero attached hydrogens (tertiary/aromatic N) is 7. The van der Waals surface area contributed by atoms with Crippen molar-refractivity contribution in [3.8, 4) is 5.82 Å². The lowest BCUT2D eigenvalue weighted by Crippen LogP contribution is -2.52. The second kappa shape index (κ2) is 9.48. The molecule has 1 amide bonds.